The van der Waals surface area contributed by atoms with Crippen molar-refractivity contribution < 1.29 is 19.1 Å². The molecule has 1 unspecified atom stereocenters. The molecular formula is C30H31ClFN5O3. The molecule has 208 valence electrons. The molecule has 0 aliphatic carbocycles. The first-order chi connectivity index (χ1) is 19.1. The molecule has 1 aliphatic rings. The van der Waals surface area contributed by atoms with E-state index in [4.69, 9.17) is 11.6 Å². The van der Waals surface area contributed by atoms with E-state index in [0.29, 0.717) is 31.2 Å². The van der Waals surface area contributed by atoms with E-state index in [9.17, 15) is 19.1 Å². The van der Waals surface area contributed by atoms with Crippen LogP contribution >= 0.6 is 11.6 Å². The van der Waals surface area contributed by atoms with E-state index in [1.54, 1.807) is 38.2 Å². The number of carboxylic acid groups (broad SMARTS) is 1. The summed E-state index contributed by atoms with van der Waals surface area (Å²) in [6.45, 7) is 5.65. The second kappa shape index (κ2) is 11.2. The van der Waals surface area contributed by atoms with Gasteiger partial charge in [-0.1, -0.05) is 35.9 Å². The number of hydrogen-bond donors (Lipinski definition) is 3. The molecule has 0 saturated carbocycles. The fourth-order valence-corrected chi connectivity index (χ4v) is 5.59. The van der Waals surface area contributed by atoms with Crippen molar-refractivity contribution in [3.05, 3.63) is 83.4 Å². The van der Waals surface area contributed by atoms with Crippen LogP contribution in [0.3, 0.4) is 0 Å². The van der Waals surface area contributed by atoms with Gasteiger partial charge < -0.3 is 25.2 Å². The minimum atomic E-state index is -1.14. The highest BCUT2D eigenvalue weighted by atomic mass is 35.5. The number of H-pyrrole nitrogens is 1. The van der Waals surface area contributed by atoms with Gasteiger partial charge in [0.2, 0.25) is 5.91 Å². The van der Waals surface area contributed by atoms with Crippen molar-refractivity contribution >= 4 is 40.3 Å². The van der Waals surface area contributed by atoms with Gasteiger partial charge in [-0.2, -0.15) is 0 Å². The number of piperazine rings is 1. The van der Waals surface area contributed by atoms with Gasteiger partial charge in [0.05, 0.1) is 11.6 Å². The van der Waals surface area contributed by atoms with Crippen LogP contribution in [0.25, 0.3) is 22.2 Å². The predicted molar refractivity (Wildman–Crippen MR) is 154 cm³/mol. The first kappa shape index (κ1) is 27.5. The first-order valence-electron chi connectivity index (χ1n) is 13.1. The van der Waals surface area contributed by atoms with E-state index in [0.717, 1.165) is 33.4 Å². The molecular weight excluding hydrogens is 533 g/mol. The number of pyridine rings is 1. The molecule has 3 heterocycles. The zero-order chi connectivity index (χ0) is 28.4. The standard InChI is InChI=1S/C30H31ClFN5O3/c1-30(2,35-29(39)40)17-24(19-6-8-21(31)9-7-19)28(38)37-14-12-36(13-15-37)26-23-10-11-33-27(23)34-18-25(26)20-4-3-5-22(32)16-20/h3-11,16,18,24,35H,12-15,17H2,1-2H3,(H,33,34)(H,39,40). The maximum Gasteiger partial charge on any atom is 0.405 e. The number of carbonyl (C=O) groups excluding carboxylic acids is 1. The fraction of sp³-hybridized carbons (Fsp3) is 0.300. The van der Waals surface area contributed by atoms with Crippen molar-refractivity contribution in [1.29, 1.82) is 0 Å². The van der Waals surface area contributed by atoms with Crippen molar-refractivity contribution in [2.45, 2.75) is 31.7 Å². The Labute approximate surface area is 236 Å². The van der Waals surface area contributed by atoms with Crippen LogP contribution in [0.1, 0.15) is 31.7 Å². The van der Waals surface area contributed by atoms with Crippen molar-refractivity contribution in [3.8, 4) is 11.1 Å². The van der Waals surface area contributed by atoms with E-state index in [1.807, 2.05) is 35.4 Å². The van der Waals surface area contributed by atoms with Gasteiger partial charge >= 0.3 is 6.09 Å². The van der Waals surface area contributed by atoms with Gasteiger partial charge in [0.1, 0.15) is 11.5 Å². The molecule has 0 radical (unpaired) electrons. The molecule has 3 N–H and O–H groups in total. The highest BCUT2D eigenvalue weighted by Gasteiger charge is 2.34. The zero-order valence-corrected chi connectivity index (χ0v) is 23.1. The van der Waals surface area contributed by atoms with Crippen LogP contribution in [0.4, 0.5) is 14.9 Å². The lowest BCUT2D eigenvalue weighted by atomic mass is 9.84. The highest BCUT2D eigenvalue weighted by molar-refractivity contribution is 6.30. The zero-order valence-electron chi connectivity index (χ0n) is 22.3. The Balaban J connectivity index is 1.40. The van der Waals surface area contributed by atoms with Crippen LogP contribution < -0.4 is 10.2 Å². The van der Waals surface area contributed by atoms with Gasteiger partial charge in [0.25, 0.3) is 0 Å². The van der Waals surface area contributed by atoms with Gasteiger partial charge in [-0.15, -0.1) is 0 Å². The smallest absolute Gasteiger partial charge is 0.405 e. The number of aromatic amines is 1. The fourth-order valence-electron chi connectivity index (χ4n) is 5.47. The molecule has 1 saturated heterocycles. The molecule has 40 heavy (non-hydrogen) atoms. The Hall–Kier alpha value is -4.11. The summed E-state index contributed by atoms with van der Waals surface area (Å²) in [5.74, 6) is -0.929. The van der Waals surface area contributed by atoms with Gasteiger partial charge in [-0.3, -0.25) is 4.79 Å². The molecule has 4 aromatic rings. The number of amides is 2. The van der Waals surface area contributed by atoms with Crippen LogP contribution in [-0.2, 0) is 4.79 Å². The summed E-state index contributed by atoms with van der Waals surface area (Å²) in [5, 5.41) is 13.3. The second-order valence-corrected chi connectivity index (χ2v) is 11.1. The summed E-state index contributed by atoms with van der Waals surface area (Å²) in [7, 11) is 0. The first-order valence-corrected chi connectivity index (χ1v) is 13.5. The number of rotatable bonds is 7. The molecule has 10 heteroatoms. The van der Waals surface area contributed by atoms with Crippen LogP contribution in [0.5, 0.6) is 0 Å². The molecule has 5 rings (SSSR count). The average Bonchev–Trinajstić information content (AvgIpc) is 3.40. The lowest BCUT2D eigenvalue weighted by molar-refractivity contribution is -0.133. The number of nitrogens with one attached hydrogen (secondary N) is 2. The second-order valence-electron chi connectivity index (χ2n) is 10.7. The lowest BCUT2D eigenvalue weighted by Gasteiger charge is -2.39. The molecule has 2 amide bonds. The maximum atomic E-state index is 14.1. The number of aromatic nitrogens is 2. The maximum absolute atomic E-state index is 14.1. The monoisotopic (exact) mass is 563 g/mol. The third-order valence-corrected chi connectivity index (χ3v) is 7.58. The summed E-state index contributed by atoms with van der Waals surface area (Å²) in [6.07, 6.45) is 2.75. The lowest BCUT2D eigenvalue weighted by Crippen LogP contribution is -2.52. The summed E-state index contributed by atoms with van der Waals surface area (Å²) in [6, 6.07) is 15.6. The Morgan fingerprint density at radius 1 is 1.12 bits per heavy atom. The Bertz CT molecular complexity index is 1530. The topological polar surface area (TPSA) is 102 Å². The number of benzene rings is 2. The van der Waals surface area contributed by atoms with Crippen molar-refractivity contribution in [2.75, 3.05) is 31.1 Å². The number of carbonyl (C=O) groups is 2. The summed E-state index contributed by atoms with van der Waals surface area (Å²) in [4.78, 5) is 37.1. The highest BCUT2D eigenvalue weighted by Crippen LogP contribution is 2.37. The number of anilines is 1. The predicted octanol–water partition coefficient (Wildman–Crippen LogP) is 5.89. The molecule has 1 fully saturated rings. The van der Waals surface area contributed by atoms with E-state index in [-0.39, 0.29) is 18.1 Å². The number of fused-ring (bicyclic) bond motifs is 1. The number of halogens is 2. The van der Waals surface area contributed by atoms with E-state index >= 15 is 0 Å². The SMILES string of the molecule is CC(C)(CC(C(=O)N1CCN(c2c(-c3cccc(F)c3)cnc3[nH]ccc23)CC1)c1ccc(Cl)cc1)NC(=O)O. The normalized spacial score (nSPS) is 14.8. The van der Waals surface area contributed by atoms with Crippen LogP contribution in [-0.4, -0.2) is 63.7 Å². The van der Waals surface area contributed by atoms with Gasteiger partial charge in [-0.25, -0.2) is 14.2 Å². The van der Waals surface area contributed by atoms with Crippen LogP contribution in [0.2, 0.25) is 5.02 Å². The third-order valence-electron chi connectivity index (χ3n) is 7.33. The largest absolute Gasteiger partial charge is 0.465 e. The molecule has 1 aliphatic heterocycles. The van der Waals surface area contributed by atoms with E-state index in [1.165, 1.54) is 12.1 Å². The van der Waals surface area contributed by atoms with E-state index in [2.05, 4.69) is 20.2 Å². The average molecular weight is 564 g/mol. The van der Waals surface area contributed by atoms with E-state index < -0.39 is 17.6 Å². The molecule has 8 nitrogen and oxygen atoms in total. The Morgan fingerprint density at radius 2 is 1.85 bits per heavy atom. The summed E-state index contributed by atoms with van der Waals surface area (Å²) < 4.78 is 14.1. The molecule has 2 aromatic carbocycles. The van der Waals surface area contributed by atoms with Gasteiger partial charge in [-0.05, 0) is 61.7 Å². The molecule has 1 atom stereocenters. The van der Waals surface area contributed by atoms with Crippen LogP contribution in [0.15, 0.2) is 67.0 Å². The molecule has 2 aromatic heterocycles. The number of nitrogens with zero attached hydrogens (tertiary/aromatic N) is 3. The number of hydrogen-bond acceptors (Lipinski definition) is 4. The van der Waals surface area contributed by atoms with Crippen molar-refractivity contribution in [3.63, 3.8) is 0 Å². The summed E-state index contributed by atoms with van der Waals surface area (Å²) >= 11 is 6.10. The molecule has 0 spiro atoms. The minimum Gasteiger partial charge on any atom is -0.465 e. The Kier molecular flexibility index (Phi) is 7.67. The van der Waals surface area contributed by atoms with Gasteiger partial charge in [0, 0.05) is 60.1 Å². The quantitative estimate of drug-likeness (QED) is 0.260. The Morgan fingerprint density at radius 3 is 2.52 bits per heavy atom. The van der Waals surface area contributed by atoms with Crippen LogP contribution in [0, 0.1) is 5.82 Å². The molecule has 0 bridgehead atoms. The summed E-state index contributed by atoms with van der Waals surface area (Å²) in [5.41, 5.74) is 3.21. The van der Waals surface area contributed by atoms with Crippen molar-refractivity contribution in [1.82, 2.24) is 20.2 Å². The third kappa shape index (κ3) is 5.89. The minimum absolute atomic E-state index is 0.0610. The van der Waals surface area contributed by atoms with Crippen molar-refractivity contribution in [2.24, 2.45) is 0 Å². The van der Waals surface area contributed by atoms with Gasteiger partial charge in [0.15, 0.2) is 0 Å².